The highest BCUT2D eigenvalue weighted by molar-refractivity contribution is 5.76. The molecule has 1 atom stereocenters. The number of hydrogen-bond donors (Lipinski definition) is 2. The van der Waals surface area contributed by atoms with Gasteiger partial charge >= 0.3 is 12.0 Å². The van der Waals surface area contributed by atoms with E-state index < -0.39 is 11.5 Å². The van der Waals surface area contributed by atoms with Gasteiger partial charge in [0.15, 0.2) is 0 Å². The fourth-order valence-corrected chi connectivity index (χ4v) is 2.34. The second-order valence-corrected chi connectivity index (χ2v) is 6.28. The number of urea groups is 1. The fraction of sp³-hybridized carbons (Fsp3) is 0.867. The molecule has 0 aromatic carbocycles. The lowest BCUT2D eigenvalue weighted by Crippen LogP contribution is -2.53. The Labute approximate surface area is 122 Å². The third-order valence-corrected chi connectivity index (χ3v) is 3.71. The van der Waals surface area contributed by atoms with Gasteiger partial charge in [0.1, 0.15) is 0 Å². The van der Waals surface area contributed by atoms with Crippen molar-refractivity contribution >= 4 is 12.0 Å². The van der Waals surface area contributed by atoms with E-state index >= 15 is 0 Å². The van der Waals surface area contributed by atoms with Crippen molar-refractivity contribution < 1.29 is 14.7 Å². The van der Waals surface area contributed by atoms with E-state index in [1.54, 1.807) is 4.90 Å². The average Bonchev–Trinajstić information content (AvgIpc) is 2.28. The second kappa shape index (κ2) is 8.12. The van der Waals surface area contributed by atoms with E-state index in [0.29, 0.717) is 5.92 Å². The summed E-state index contributed by atoms with van der Waals surface area (Å²) in [4.78, 5) is 24.7. The maximum absolute atomic E-state index is 12.4. The highest BCUT2D eigenvalue weighted by atomic mass is 16.4. The quantitative estimate of drug-likeness (QED) is 0.755. The van der Waals surface area contributed by atoms with Gasteiger partial charge in [-0.2, -0.15) is 0 Å². The minimum Gasteiger partial charge on any atom is -0.481 e. The number of aliphatic carboxylic acids is 1. The number of carbonyl (C=O) groups is 2. The molecule has 0 saturated carbocycles. The summed E-state index contributed by atoms with van der Waals surface area (Å²) >= 11 is 0. The van der Waals surface area contributed by atoms with E-state index in [1.165, 1.54) is 0 Å². The number of carboxylic acids is 1. The molecular formula is C15H30N2O3. The SMILES string of the molecule is CCC(CC)C(C)NC(=O)N(CCC(=O)O)C(C)(C)C. The lowest BCUT2D eigenvalue weighted by molar-refractivity contribution is -0.137. The predicted octanol–water partition coefficient (Wildman–Crippen LogP) is 3.10. The molecule has 0 saturated heterocycles. The molecule has 0 aliphatic carbocycles. The lowest BCUT2D eigenvalue weighted by Gasteiger charge is -2.37. The molecule has 0 rings (SSSR count). The zero-order valence-corrected chi connectivity index (χ0v) is 13.7. The number of rotatable bonds is 7. The summed E-state index contributed by atoms with van der Waals surface area (Å²) in [5.74, 6) is -0.444. The minimum absolute atomic E-state index is 0.0376. The van der Waals surface area contributed by atoms with Crippen LogP contribution in [0.4, 0.5) is 4.79 Å². The van der Waals surface area contributed by atoms with Crippen molar-refractivity contribution in [1.82, 2.24) is 10.2 Å². The molecule has 1 unspecified atom stereocenters. The van der Waals surface area contributed by atoms with Crippen molar-refractivity contribution in [1.29, 1.82) is 0 Å². The maximum atomic E-state index is 12.4. The summed E-state index contributed by atoms with van der Waals surface area (Å²) < 4.78 is 0. The lowest BCUT2D eigenvalue weighted by atomic mass is 9.95. The molecule has 0 fully saturated rings. The minimum atomic E-state index is -0.889. The molecule has 0 spiro atoms. The number of carboxylic acid groups (broad SMARTS) is 1. The van der Waals surface area contributed by atoms with Crippen LogP contribution in [0.5, 0.6) is 0 Å². The van der Waals surface area contributed by atoms with Crippen molar-refractivity contribution in [2.24, 2.45) is 5.92 Å². The first kappa shape index (κ1) is 18.7. The zero-order chi connectivity index (χ0) is 15.9. The van der Waals surface area contributed by atoms with Crippen molar-refractivity contribution in [2.45, 2.75) is 72.4 Å². The number of nitrogens with one attached hydrogen (secondary N) is 1. The van der Waals surface area contributed by atoms with Crippen LogP contribution in [0.1, 0.15) is 60.8 Å². The molecule has 0 heterocycles. The molecule has 5 heteroatoms. The van der Waals surface area contributed by atoms with Crippen LogP contribution in [0.3, 0.4) is 0 Å². The van der Waals surface area contributed by atoms with Crippen LogP contribution in [-0.4, -0.2) is 40.1 Å². The summed E-state index contributed by atoms with van der Waals surface area (Å²) in [5, 5.41) is 11.8. The molecule has 0 aliphatic heterocycles. The molecule has 0 aromatic rings. The summed E-state index contributed by atoms with van der Waals surface area (Å²) in [7, 11) is 0. The molecule has 0 radical (unpaired) electrons. The molecule has 118 valence electrons. The van der Waals surface area contributed by atoms with E-state index in [1.807, 2.05) is 27.7 Å². The molecule has 0 aliphatic rings. The number of nitrogens with zero attached hydrogens (tertiary/aromatic N) is 1. The molecule has 0 aromatic heterocycles. The molecule has 2 N–H and O–H groups in total. The highest BCUT2D eigenvalue weighted by Gasteiger charge is 2.28. The van der Waals surface area contributed by atoms with E-state index in [0.717, 1.165) is 12.8 Å². The maximum Gasteiger partial charge on any atom is 0.318 e. The van der Waals surface area contributed by atoms with Gasteiger partial charge in [0.25, 0.3) is 0 Å². The smallest absolute Gasteiger partial charge is 0.318 e. The Bertz CT molecular complexity index is 320. The Morgan fingerprint density at radius 3 is 2.05 bits per heavy atom. The Hall–Kier alpha value is -1.26. The normalized spacial score (nSPS) is 13.2. The van der Waals surface area contributed by atoms with Crippen molar-refractivity contribution in [2.75, 3.05) is 6.54 Å². The first-order valence-corrected chi connectivity index (χ1v) is 7.43. The monoisotopic (exact) mass is 286 g/mol. The molecule has 2 amide bonds. The van der Waals surface area contributed by atoms with Gasteiger partial charge in [0.2, 0.25) is 0 Å². The van der Waals surface area contributed by atoms with Crippen LogP contribution < -0.4 is 5.32 Å². The molecule has 20 heavy (non-hydrogen) atoms. The van der Waals surface area contributed by atoms with Crippen molar-refractivity contribution in [3.63, 3.8) is 0 Å². The van der Waals surface area contributed by atoms with E-state index in [2.05, 4.69) is 19.2 Å². The standard InChI is InChI=1S/C15H30N2O3/c1-7-12(8-2)11(3)16-14(20)17(15(4,5)6)10-9-13(18)19/h11-12H,7-10H2,1-6H3,(H,16,20)(H,18,19). The van der Waals surface area contributed by atoms with Crippen molar-refractivity contribution in [3.8, 4) is 0 Å². The predicted molar refractivity (Wildman–Crippen MR) is 80.8 cm³/mol. The average molecular weight is 286 g/mol. The van der Waals surface area contributed by atoms with Crippen LogP contribution in [-0.2, 0) is 4.79 Å². The summed E-state index contributed by atoms with van der Waals surface area (Å²) in [6.45, 7) is 12.2. The third kappa shape index (κ3) is 6.26. The van der Waals surface area contributed by atoms with Gasteiger partial charge in [-0.25, -0.2) is 4.79 Å². The van der Waals surface area contributed by atoms with Gasteiger partial charge in [-0.1, -0.05) is 26.7 Å². The van der Waals surface area contributed by atoms with Gasteiger partial charge in [-0.15, -0.1) is 0 Å². The Balaban J connectivity index is 4.75. The van der Waals surface area contributed by atoms with Gasteiger partial charge in [0, 0.05) is 18.1 Å². The fourth-order valence-electron chi connectivity index (χ4n) is 2.34. The Morgan fingerprint density at radius 1 is 1.20 bits per heavy atom. The zero-order valence-electron chi connectivity index (χ0n) is 13.7. The second-order valence-electron chi connectivity index (χ2n) is 6.28. The largest absolute Gasteiger partial charge is 0.481 e. The van der Waals surface area contributed by atoms with Crippen LogP contribution in [0.15, 0.2) is 0 Å². The van der Waals surface area contributed by atoms with Crippen LogP contribution in [0, 0.1) is 5.92 Å². The van der Waals surface area contributed by atoms with Crippen molar-refractivity contribution in [3.05, 3.63) is 0 Å². The summed E-state index contributed by atoms with van der Waals surface area (Å²) in [5.41, 5.74) is -0.396. The van der Waals surface area contributed by atoms with Gasteiger partial charge < -0.3 is 15.3 Å². The van der Waals surface area contributed by atoms with Gasteiger partial charge in [0.05, 0.1) is 6.42 Å². The summed E-state index contributed by atoms with van der Waals surface area (Å²) in [6.07, 6.45) is 2.00. The van der Waals surface area contributed by atoms with Crippen LogP contribution in [0.25, 0.3) is 0 Å². The summed E-state index contributed by atoms with van der Waals surface area (Å²) in [6, 6.07) is -0.0923. The number of carbonyl (C=O) groups excluding carboxylic acids is 1. The van der Waals surface area contributed by atoms with Gasteiger partial charge in [-0.3, -0.25) is 4.79 Å². The van der Waals surface area contributed by atoms with E-state index in [-0.39, 0.29) is 25.0 Å². The number of hydrogen-bond acceptors (Lipinski definition) is 2. The van der Waals surface area contributed by atoms with E-state index in [4.69, 9.17) is 5.11 Å². The van der Waals surface area contributed by atoms with Gasteiger partial charge in [-0.05, 0) is 33.6 Å². The first-order valence-electron chi connectivity index (χ1n) is 7.43. The van der Waals surface area contributed by atoms with Crippen LogP contribution in [0.2, 0.25) is 0 Å². The number of amides is 2. The highest BCUT2D eigenvalue weighted by Crippen LogP contribution is 2.17. The topological polar surface area (TPSA) is 69.6 Å². The first-order chi connectivity index (χ1) is 9.13. The van der Waals surface area contributed by atoms with E-state index in [9.17, 15) is 9.59 Å². The molecule has 0 bridgehead atoms. The Kier molecular flexibility index (Phi) is 7.61. The molecule has 5 nitrogen and oxygen atoms in total. The molecular weight excluding hydrogens is 256 g/mol. The third-order valence-electron chi connectivity index (χ3n) is 3.71. The van der Waals surface area contributed by atoms with Crippen LogP contribution >= 0.6 is 0 Å². The Morgan fingerprint density at radius 2 is 1.70 bits per heavy atom.